The van der Waals surface area contributed by atoms with Crippen molar-refractivity contribution in [1.82, 2.24) is 10.2 Å². The van der Waals surface area contributed by atoms with Crippen molar-refractivity contribution in [2.45, 2.75) is 64.5 Å². The average Bonchev–Trinajstić information content (AvgIpc) is 2.41. The van der Waals surface area contributed by atoms with Gasteiger partial charge >= 0.3 is 0 Å². The van der Waals surface area contributed by atoms with Crippen LogP contribution in [0.3, 0.4) is 0 Å². The van der Waals surface area contributed by atoms with E-state index >= 15 is 0 Å². The third kappa shape index (κ3) is 2.89. The van der Waals surface area contributed by atoms with E-state index in [2.05, 4.69) is 5.32 Å². The Morgan fingerprint density at radius 3 is 2.50 bits per heavy atom. The molecule has 112 valence electrons. The number of carbonyl (C=O) groups is 2. The SMILES string of the molecule is C/C=C/CN1C(=O)C(C)(C)NC(=O)C1C1CCCCC1. The van der Waals surface area contributed by atoms with Crippen LogP contribution >= 0.6 is 0 Å². The zero-order chi connectivity index (χ0) is 14.8. The maximum atomic E-state index is 12.6. The normalized spacial score (nSPS) is 27.9. The van der Waals surface area contributed by atoms with Gasteiger partial charge in [0, 0.05) is 6.54 Å². The van der Waals surface area contributed by atoms with Gasteiger partial charge in [0.05, 0.1) is 0 Å². The number of rotatable bonds is 3. The molecule has 0 spiro atoms. The number of piperazine rings is 1. The number of amides is 2. The van der Waals surface area contributed by atoms with Gasteiger partial charge < -0.3 is 10.2 Å². The van der Waals surface area contributed by atoms with Crippen LogP contribution in [0, 0.1) is 5.92 Å². The van der Waals surface area contributed by atoms with Gasteiger partial charge in [-0.15, -0.1) is 0 Å². The van der Waals surface area contributed by atoms with E-state index < -0.39 is 5.54 Å². The van der Waals surface area contributed by atoms with Gasteiger partial charge in [-0.05, 0) is 39.5 Å². The molecule has 1 saturated carbocycles. The molecule has 1 heterocycles. The second kappa shape index (κ2) is 5.98. The predicted molar refractivity (Wildman–Crippen MR) is 79.1 cm³/mol. The van der Waals surface area contributed by atoms with E-state index in [1.807, 2.05) is 19.1 Å². The highest BCUT2D eigenvalue weighted by atomic mass is 16.2. The maximum Gasteiger partial charge on any atom is 0.248 e. The summed E-state index contributed by atoms with van der Waals surface area (Å²) in [6.45, 7) is 6.04. The molecule has 2 aliphatic rings. The number of hydrogen-bond acceptors (Lipinski definition) is 2. The van der Waals surface area contributed by atoms with Gasteiger partial charge in [0.1, 0.15) is 11.6 Å². The summed E-state index contributed by atoms with van der Waals surface area (Å²) in [6, 6.07) is -0.285. The highest BCUT2D eigenvalue weighted by Crippen LogP contribution is 2.32. The molecule has 2 amide bonds. The van der Waals surface area contributed by atoms with E-state index in [9.17, 15) is 9.59 Å². The summed E-state index contributed by atoms with van der Waals surface area (Å²) < 4.78 is 0. The van der Waals surface area contributed by atoms with Gasteiger partial charge in [-0.3, -0.25) is 9.59 Å². The molecule has 1 unspecified atom stereocenters. The molecule has 0 aromatic carbocycles. The van der Waals surface area contributed by atoms with Crippen molar-refractivity contribution in [2.75, 3.05) is 6.54 Å². The van der Waals surface area contributed by atoms with Crippen molar-refractivity contribution in [2.24, 2.45) is 5.92 Å². The van der Waals surface area contributed by atoms with Crippen molar-refractivity contribution in [3.63, 3.8) is 0 Å². The van der Waals surface area contributed by atoms with Crippen LogP contribution in [-0.4, -0.2) is 34.8 Å². The molecule has 1 N–H and O–H groups in total. The summed E-state index contributed by atoms with van der Waals surface area (Å²) >= 11 is 0. The monoisotopic (exact) mass is 278 g/mol. The minimum atomic E-state index is -0.788. The Kier molecular flexibility index (Phi) is 4.51. The van der Waals surface area contributed by atoms with Crippen molar-refractivity contribution in [3.8, 4) is 0 Å². The molecule has 1 saturated heterocycles. The lowest BCUT2D eigenvalue weighted by molar-refractivity contribution is -0.155. The van der Waals surface area contributed by atoms with Crippen LogP contribution in [0.4, 0.5) is 0 Å². The fraction of sp³-hybridized carbons (Fsp3) is 0.750. The predicted octanol–water partition coefficient (Wildman–Crippen LogP) is 2.25. The van der Waals surface area contributed by atoms with Gasteiger partial charge in [0.25, 0.3) is 0 Å². The summed E-state index contributed by atoms with van der Waals surface area (Å²) in [4.78, 5) is 26.9. The zero-order valence-corrected chi connectivity index (χ0v) is 12.8. The van der Waals surface area contributed by atoms with Crippen molar-refractivity contribution >= 4 is 11.8 Å². The summed E-state index contributed by atoms with van der Waals surface area (Å²) in [5.74, 6) is 0.367. The van der Waals surface area contributed by atoms with Crippen molar-refractivity contribution < 1.29 is 9.59 Å². The summed E-state index contributed by atoms with van der Waals surface area (Å²) in [6.07, 6.45) is 9.59. The first kappa shape index (κ1) is 15.1. The lowest BCUT2D eigenvalue weighted by Crippen LogP contribution is -2.69. The number of allylic oxidation sites excluding steroid dienone is 1. The summed E-state index contributed by atoms with van der Waals surface area (Å²) in [5, 5.41) is 2.90. The molecule has 2 rings (SSSR count). The van der Waals surface area contributed by atoms with Gasteiger partial charge in [0.15, 0.2) is 0 Å². The Balaban J connectivity index is 2.25. The van der Waals surface area contributed by atoms with E-state index in [4.69, 9.17) is 0 Å². The minimum Gasteiger partial charge on any atom is -0.340 e. The Bertz CT molecular complexity index is 409. The van der Waals surface area contributed by atoms with E-state index in [0.29, 0.717) is 12.5 Å². The average molecular weight is 278 g/mol. The topological polar surface area (TPSA) is 49.4 Å². The van der Waals surface area contributed by atoms with E-state index in [0.717, 1.165) is 12.8 Å². The van der Waals surface area contributed by atoms with Gasteiger partial charge in [-0.1, -0.05) is 31.4 Å². The molecule has 20 heavy (non-hydrogen) atoms. The van der Waals surface area contributed by atoms with Crippen LogP contribution in [0.5, 0.6) is 0 Å². The lowest BCUT2D eigenvalue weighted by Gasteiger charge is -2.46. The smallest absolute Gasteiger partial charge is 0.248 e. The first-order valence-electron chi connectivity index (χ1n) is 7.71. The van der Waals surface area contributed by atoms with E-state index in [-0.39, 0.29) is 17.9 Å². The molecule has 1 atom stereocenters. The number of carbonyl (C=O) groups excluding carboxylic acids is 2. The minimum absolute atomic E-state index is 0.0194. The number of nitrogens with zero attached hydrogens (tertiary/aromatic N) is 1. The quantitative estimate of drug-likeness (QED) is 0.805. The van der Waals surface area contributed by atoms with Gasteiger partial charge in [-0.25, -0.2) is 0 Å². The van der Waals surface area contributed by atoms with Crippen molar-refractivity contribution in [1.29, 1.82) is 0 Å². The van der Waals surface area contributed by atoms with E-state index in [1.54, 1.807) is 18.7 Å². The second-order valence-electron chi connectivity index (χ2n) is 6.48. The molecule has 1 aliphatic heterocycles. The maximum absolute atomic E-state index is 12.6. The molecule has 0 radical (unpaired) electrons. The highest BCUT2D eigenvalue weighted by molar-refractivity contribution is 5.99. The Hall–Kier alpha value is -1.32. The molecule has 4 nitrogen and oxygen atoms in total. The molecular formula is C16H26N2O2. The Labute approximate surface area is 121 Å². The highest BCUT2D eigenvalue weighted by Gasteiger charge is 2.47. The molecule has 0 aromatic heterocycles. The fourth-order valence-electron chi connectivity index (χ4n) is 3.40. The standard InChI is InChI=1S/C16H26N2O2/c1-4-5-11-18-13(12-9-7-6-8-10-12)14(19)17-16(2,3)15(18)20/h4-5,12-13H,6-11H2,1-3H3,(H,17,19)/b5-4+. The van der Waals surface area contributed by atoms with E-state index in [1.165, 1.54) is 19.3 Å². The van der Waals surface area contributed by atoms with Crippen LogP contribution in [0.1, 0.15) is 52.9 Å². The van der Waals surface area contributed by atoms with Crippen LogP contribution in [0.15, 0.2) is 12.2 Å². The largest absolute Gasteiger partial charge is 0.340 e. The lowest BCUT2D eigenvalue weighted by atomic mass is 9.80. The van der Waals surface area contributed by atoms with Crippen LogP contribution in [0.2, 0.25) is 0 Å². The molecular weight excluding hydrogens is 252 g/mol. The second-order valence-corrected chi connectivity index (χ2v) is 6.48. The number of hydrogen-bond donors (Lipinski definition) is 1. The summed E-state index contributed by atoms with van der Waals surface area (Å²) in [5.41, 5.74) is -0.788. The van der Waals surface area contributed by atoms with Crippen LogP contribution in [0.25, 0.3) is 0 Å². The molecule has 4 heteroatoms. The zero-order valence-electron chi connectivity index (χ0n) is 12.8. The first-order chi connectivity index (χ1) is 9.47. The summed E-state index contributed by atoms with van der Waals surface area (Å²) in [7, 11) is 0. The number of nitrogens with one attached hydrogen (secondary N) is 1. The molecule has 1 aliphatic carbocycles. The third-order valence-electron chi connectivity index (χ3n) is 4.47. The van der Waals surface area contributed by atoms with Crippen molar-refractivity contribution in [3.05, 3.63) is 12.2 Å². The fourth-order valence-corrected chi connectivity index (χ4v) is 3.40. The molecule has 2 fully saturated rings. The van der Waals surface area contributed by atoms with Crippen LogP contribution in [-0.2, 0) is 9.59 Å². The van der Waals surface area contributed by atoms with Crippen LogP contribution < -0.4 is 5.32 Å². The van der Waals surface area contributed by atoms with Gasteiger partial charge in [0.2, 0.25) is 11.8 Å². The first-order valence-corrected chi connectivity index (χ1v) is 7.71. The Morgan fingerprint density at radius 2 is 1.90 bits per heavy atom. The third-order valence-corrected chi connectivity index (χ3v) is 4.47. The Morgan fingerprint density at radius 1 is 1.25 bits per heavy atom. The molecule has 0 bridgehead atoms. The van der Waals surface area contributed by atoms with Gasteiger partial charge in [-0.2, -0.15) is 0 Å². The molecule has 0 aromatic rings.